The number of aryl methyl sites for hydroxylation is 2. The van der Waals surface area contributed by atoms with Crippen molar-refractivity contribution in [1.29, 1.82) is 0 Å². The maximum Gasteiger partial charge on any atom is 0.261 e. The SMILES string of the molecule is COc1ccc(CN(C(=O)COc2cc(C)cc(C)c2C)C(C)C(=O)NCC(C)C)cc1. The molecule has 0 aliphatic carbocycles. The molecule has 0 aliphatic heterocycles. The molecule has 32 heavy (non-hydrogen) atoms. The lowest BCUT2D eigenvalue weighted by molar-refractivity contribution is -0.142. The Morgan fingerprint density at radius 3 is 2.28 bits per heavy atom. The van der Waals surface area contributed by atoms with E-state index in [1.165, 1.54) is 0 Å². The summed E-state index contributed by atoms with van der Waals surface area (Å²) >= 11 is 0. The molecule has 0 aliphatic rings. The van der Waals surface area contributed by atoms with Crippen molar-refractivity contribution in [2.24, 2.45) is 5.92 Å². The molecule has 0 radical (unpaired) electrons. The Balaban J connectivity index is 2.19. The quantitative estimate of drug-likeness (QED) is 0.602. The molecule has 6 heteroatoms. The van der Waals surface area contributed by atoms with Gasteiger partial charge < -0.3 is 19.7 Å². The number of methoxy groups -OCH3 is 1. The second-order valence-corrected chi connectivity index (χ2v) is 8.68. The second kappa shape index (κ2) is 11.6. The fraction of sp³-hybridized carbons (Fsp3) is 0.462. The van der Waals surface area contributed by atoms with Crippen LogP contribution in [-0.2, 0) is 16.1 Å². The molecule has 2 rings (SSSR count). The number of hydrogen-bond acceptors (Lipinski definition) is 4. The van der Waals surface area contributed by atoms with Crippen LogP contribution < -0.4 is 14.8 Å². The Kier molecular flexibility index (Phi) is 9.12. The fourth-order valence-corrected chi connectivity index (χ4v) is 3.34. The molecule has 1 atom stereocenters. The molecule has 6 nitrogen and oxygen atoms in total. The van der Waals surface area contributed by atoms with Crippen LogP contribution in [0.2, 0.25) is 0 Å². The van der Waals surface area contributed by atoms with E-state index >= 15 is 0 Å². The van der Waals surface area contributed by atoms with Crippen molar-refractivity contribution in [2.45, 2.75) is 54.1 Å². The Labute approximate surface area is 191 Å². The Morgan fingerprint density at radius 2 is 1.69 bits per heavy atom. The summed E-state index contributed by atoms with van der Waals surface area (Å²) in [6.45, 7) is 12.5. The molecule has 0 spiro atoms. The van der Waals surface area contributed by atoms with E-state index in [4.69, 9.17) is 9.47 Å². The average Bonchev–Trinajstić information content (AvgIpc) is 2.76. The van der Waals surface area contributed by atoms with E-state index in [1.807, 2.05) is 65.0 Å². The van der Waals surface area contributed by atoms with Gasteiger partial charge in [-0.25, -0.2) is 0 Å². The standard InChI is InChI=1S/C26H36N2O4/c1-17(2)14-27-26(30)21(6)28(15-22-8-10-23(31-7)11-9-22)25(29)16-32-24-13-18(3)12-19(4)20(24)5/h8-13,17,21H,14-16H2,1-7H3,(H,27,30). The monoisotopic (exact) mass is 440 g/mol. The lowest BCUT2D eigenvalue weighted by atomic mass is 10.1. The average molecular weight is 441 g/mol. The lowest BCUT2D eigenvalue weighted by Gasteiger charge is -2.29. The molecule has 0 saturated heterocycles. The van der Waals surface area contributed by atoms with Crippen LogP contribution >= 0.6 is 0 Å². The summed E-state index contributed by atoms with van der Waals surface area (Å²) in [7, 11) is 1.61. The van der Waals surface area contributed by atoms with Gasteiger partial charge in [-0.3, -0.25) is 9.59 Å². The molecule has 1 N–H and O–H groups in total. The molecule has 2 aromatic rings. The van der Waals surface area contributed by atoms with E-state index in [0.29, 0.717) is 24.8 Å². The molecule has 2 aromatic carbocycles. The van der Waals surface area contributed by atoms with Gasteiger partial charge in [0.25, 0.3) is 5.91 Å². The molecule has 2 amide bonds. The van der Waals surface area contributed by atoms with Crippen LogP contribution in [0.4, 0.5) is 0 Å². The Bertz CT molecular complexity index is 922. The van der Waals surface area contributed by atoms with Crippen molar-refractivity contribution in [3.63, 3.8) is 0 Å². The summed E-state index contributed by atoms with van der Waals surface area (Å²) in [5.74, 6) is 1.34. The third-order valence-corrected chi connectivity index (χ3v) is 5.48. The maximum atomic E-state index is 13.2. The first-order valence-electron chi connectivity index (χ1n) is 11.0. The van der Waals surface area contributed by atoms with Crippen molar-refractivity contribution in [3.8, 4) is 11.5 Å². The predicted octanol–water partition coefficient (Wildman–Crippen LogP) is 4.19. The summed E-state index contributed by atoms with van der Waals surface area (Å²) in [6, 6.07) is 10.9. The number of rotatable bonds is 10. The van der Waals surface area contributed by atoms with Gasteiger partial charge in [0.05, 0.1) is 7.11 Å². The highest BCUT2D eigenvalue weighted by molar-refractivity contribution is 5.88. The molecule has 0 aromatic heterocycles. The normalized spacial score (nSPS) is 11.8. The summed E-state index contributed by atoms with van der Waals surface area (Å²) in [4.78, 5) is 27.5. The van der Waals surface area contributed by atoms with Crippen LogP contribution in [0.15, 0.2) is 36.4 Å². The smallest absolute Gasteiger partial charge is 0.261 e. The first-order valence-corrected chi connectivity index (χ1v) is 11.0. The van der Waals surface area contributed by atoms with Gasteiger partial charge in [0.15, 0.2) is 6.61 Å². The fourth-order valence-electron chi connectivity index (χ4n) is 3.34. The number of hydrogen-bond donors (Lipinski definition) is 1. The van der Waals surface area contributed by atoms with E-state index in [2.05, 4.69) is 11.4 Å². The van der Waals surface area contributed by atoms with E-state index < -0.39 is 6.04 Å². The first kappa shape index (κ1) is 25.2. The number of ether oxygens (including phenoxy) is 2. The number of nitrogens with one attached hydrogen (secondary N) is 1. The first-order chi connectivity index (χ1) is 15.1. The van der Waals surface area contributed by atoms with E-state index in [-0.39, 0.29) is 18.4 Å². The van der Waals surface area contributed by atoms with Crippen LogP contribution in [0.25, 0.3) is 0 Å². The van der Waals surface area contributed by atoms with Crippen LogP contribution in [0.3, 0.4) is 0 Å². The molecular weight excluding hydrogens is 404 g/mol. The van der Waals surface area contributed by atoms with Gasteiger partial charge in [-0.15, -0.1) is 0 Å². The van der Waals surface area contributed by atoms with Crippen LogP contribution in [-0.4, -0.2) is 43.0 Å². The highest BCUT2D eigenvalue weighted by Crippen LogP contribution is 2.23. The minimum absolute atomic E-state index is 0.137. The molecular formula is C26H36N2O4. The Hall–Kier alpha value is -3.02. The summed E-state index contributed by atoms with van der Waals surface area (Å²) in [5, 5.41) is 2.93. The molecule has 0 bridgehead atoms. The van der Waals surface area contributed by atoms with E-state index in [9.17, 15) is 9.59 Å². The summed E-state index contributed by atoms with van der Waals surface area (Å²) in [5.41, 5.74) is 4.11. The topological polar surface area (TPSA) is 67.9 Å². The van der Waals surface area contributed by atoms with Crippen LogP contribution in [0.5, 0.6) is 11.5 Å². The number of amides is 2. The highest BCUT2D eigenvalue weighted by Gasteiger charge is 2.26. The lowest BCUT2D eigenvalue weighted by Crippen LogP contribution is -2.49. The molecule has 0 heterocycles. The van der Waals surface area contributed by atoms with Gasteiger partial charge in [0.1, 0.15) is 17.5 Å². The number of benzene rings is 2. The summed E-state index contributed by atoms with van der Waals surface area (Å²) in [6.07, 6.45) is 0. The maximum absolute atomic E-state index is 13.2. The van der Waals surface area contributed by atoms with Crippen molar-refractivity contribution >= 4 is 11.8 Å². The van der Waals surface area contributed by atoms with Crippen molar-refractivity contribution < 1.29 is 19.1 Å². The zero-order chi connectivity index (χ0) is 23.8. The largest absolute Gasteiger partial charge is 0.497 e. The Morgan fingerprint density at radius 1 is 1.03 bits per heavy atom. The molecule has 0 fully saturated rings. The minimum Gasteiger partial charge on any atom is -0.497 e. The minimum atomic E-state index is -0.632. The summed E-state index contributed by atoms with van der Waals surface area (Å²) < 4.78 is 11.1. The van der Waals surface area contributed by atoms with Crippen molar-refractivity contribution in [2.75, 3.05) is 20.3 Å². The van der Waals surface area contributed by atoms with Crippen LogP contribution in [0, 0.1) is 26.7 Å². The van der Waals surface area contributed by atoms with Crippen molar-refractivity contribution in [3.05, 3.63) is 58.7 Å². The third-order valence-electron chi connectivity index (χ3n) is 5.48. The molecule has 1 unspecified atom stereocenters. The van der Waals surface area contributed by atoms with E-state index in [0.717, 1.165) is 28.0 Å². The van der Waals surface area contributed by atoms with Gasteiger partial charge in [0.2, 0.25) is 5.91 Å². The zero-order valence-corrected chi connectivity index (χ0v) is 20.3. The third kappa shape index (κ3) is 7.01. The molecule has 174 valence electrons. The number of carbonyl (C=O) groups excluding carboxylic acids is 2. The van der Waals surface area contributed by atoms with Gasteiger partial charge in [-0.1, -0.05) is 32.0 Å². The zero-order valence-electron chi connectivity index (χ0n) is 20.3. The van der Waals surface area contributed by atoms with Gasteiger partial charge in [-0.05, 0) is 74.1 Å². The van der Waals surface area contributed by atoms with Crippen LogP contribution in [0.1, 0.15) is 43.0 Å². The van der Waals surface area contributed by atoms with Gasteiger partial charge in [-0.2, -0.15) is 0 Å². The number of carbonyl (C=O) groups is 2. The second-order valence-electron chi connectivity index (χ2n) is 8.68. The molecule has 0 saturated carbocycles. The van der Waals surface area contributed by atoms with Crippen molar-refractivity contribution in [1.82, 2.24) is 10.2 Å². The predicted molar refractivity (Wildman–Crippen MR) is 127 cm³/mol. The van der Waals surface area contributed by atoms with E-state index in [1.54, 1.807) is 18.9 Å². The number of nitrogens with zero attached hydrogens (tertiary/aromatic N) is 1. The van der Waals surface area contributed by atoms with Gasteiger partial charge >= 0.3 is 0 Å². The highest BCUT2D eigenvalue weighted by atomic mass is 16.5. The van der Waals surface area contributed by atoms with Gasteiger partial charge in [0, 0.05) is 13.1 Å².